The van der Waals surface area contributed by atoms with Gasteiger partial charge in [-0.2, -0.15) is 0 Å². The number of urea groups is 1. The van der Waals surface area contributed by atoms with Crippen LogP contribution in [0.3, 0.4) is 0 Å². The largest absolute Gasteiger partial charge is 0.380 e. The molecular weight excluding hydrogens is 294 g/mol. The first-order chi connectivity index (χ1) is 11.1. The highest BCUT2D eigenvalue weighted by Crippen LogP contribution is 2.11. The average molecular weight is 319 g/mol. The topological polar surface area (TPSA) is 70.7 Å². The molecule has 0 radical (unpaired) electrons. The number of likely N-dealkylation sites (tertiary alicyclic amines) is 1. The molecular formula is C17H25N3O3. The molecule has 1 aromatic carbocycles. The molecule has 0 spiro atoms. The molecule has 1 aromatic rings. The lowest BCUT2D eigenvalue weighted by molar-refractivity contribution is -0.133. The van der Waals surface area contributed by atoms with Crippen molar-refractivity contribution in [3.63, 3.8) is 0 Å². The maximum absolute atomic E-state index is 12.3. The first-order valence-electron chi connectivity index (χ1n) is 8.04. The summed E-state index contributed by atoms with van der Waals surface area (Å²) in [6.45, 7) is 3.83. The maximum atomic E-state index is 12.3. The van der Waals surface area contributed by atoms with Crippen molar-refractivity contribution in [1.29, 1.82) is 0 Å². The van der Waals surface area contributed by atoms with Gasteiger partial charge in [-0.15, -0.1) is 0 Å². The van der Waals surface area contributed by atoms with Gasteiger partial charge in [0.25, 0.3) is 0 Å². The Kier molecular flexibility index (Phi) is 6.40. The molecule has 23 heavy (non-hydrogen) atoms. The molecule has 1 saturated heterocycles. The van der Waals surface area contributed by atoms with Crippen LogP contribution in [0.1, 0.15) is 31.7 Å². The van der Waals surface area contributed by atoms with E-state index in [4.69, 9.17) is 4.74 Å². The van der Waals surface area contributed by atoms with Crippen molar-refractivity contribution >= 4 is 17.6 Å². The number of amides is 3. The molecule has 0 bridgehead atoms. The molecule has 0 aromatic heterocycles. The van der Waals surface area contributed by atoms with Gasteiger partial charge in [-0.05, 0) is 43.9 Å². The van der Waals surface area contributed by atoms with Crippen molar-refractivity contribution in [1.82, 2.24) is 10.2 Å². The zero-order chi connectivity index (χ0) is 16.7. The zero-order valence-corrected chi connectivity index (χ0v) is 13.8. The monoisotopic (exact) mass is 319 g/mol. The van der Waals surface area contributed by atoms with Crippen LogP contribution in [0.4, 0.5) is 10.5 Å². The summed E-state index contributed by atoms with van der Waals surface area (Å²) in [7, 11) is 1.64. The van der Waals surface area contributed by atoms with Gasteiger partial charge in [0.1, 0.15) is 6.04 Å². The molecule has 2 N–H and O–H groups in total. The van der Waals surface area contributed by atoms with E-state index in [0.717, 1.165) is 31.5 Å². The van der Waals surface area contributed by atoms with Gasteiger partial charge >= 0.3 is 6.03 Å². The molecule has 1 fully saturated rings. The molecule has 1 aliphatic heterocycles. The second-order valence-electron chi connectivity index (χ2n) is 5.84. The van der Waals surface area contributed by atoms with E-state index in [1.54, 1.807) is 14.0 Å². The molecule has 0 aliphatic carbocycles. The molecule has 3 amide bonds. The lowest BCUT2D eigenvalue weighted by atomic mass is 10.1. The molecule has 6 nitrogen and oxygen atoms in total. The number of nitrogens with one attached hydrogen (secondary N) is 2. The van der Waals surface area contributed by atoms with Crippen LogP contribution in [-0.4, -0.2) is 43.1 Å². The Labute approximate surface area is 137 Å². The van der Waals surface area contributed by atoms with E-state index in [0.29, 0.717) is 12.3 Å². The number of carbonyl (C=O) groups is 2. The Morgan fingerprint density at radius 1 is 1.17 bits per heavy atom. The first kappa shape index (κ1) is 17.3. The number of benzene rings is 1. The Hall–Kier alpha value is -2.08. The van der Waals surface area contributed by atoms with Gasteiger partial charge in [0, 0.05) is 25.9 Å². The summed E-state index contributed by atoms with van der Waals surface area (Å²) < 4.78 is 5.04. The number of nitrogens with zero attached hydrogens (tertiary/aromatic N) is 1. The quantitative estimate of drug-likeness (QED) is 0.875. The Morgan fingerprint density at radius 3 is 2.43 bits per heavy atom. The van der Waals surface area contributed by atoms with Crippen molar-refractivity contribution in [3.8, 4) is 0 Å². The number of anilines is 1. The van der Waals surface area contributed by atoms with E-state index in [9.17, 15) is 9.59 Å². The third-order valence-corrected chi connectivity index (χ3v) is 3.91. The third-order valence-electron chi connectivity index (χ3n) is 3.91. The average Bonchev–Trinajstić information content (AvgIpc) is 2.57. The molecule has 0 saturated carbocycles. The van der Waals surface area contributed by atoms with E-state index in [1.165, 1.54) is 6.42 Å². The fraction of sp³-hybridized carbons (Fsp3) is 0.529. The lowest BCUT2D eigenvalue weighted by Crippen LogP contribution is -2.49. The number of hydrogen-bond donors (Lipinski definition) is 2. The molecule has 1 atom stereocenters. The second-order valence-corrected chi connectivity index (χ2v) is 5.84. The van der Waals surface area contributed by atoms with Gasteiger partial charge in [0.2, 0.25) is 5.91 Å². The van der Waals surface area contributed by atoms with Gasteiger partial charge in [-0.25, -0.2) is 4.79 Å². The lowest BCUT2D eigenvalue weighted by Gasteiger charge is -2.29. The van der Waals surface area contributed by atoms with Crippen LogP contribution in [-0.2, 0) is 16.1 Å². The number of ether oxygens (including phenoxy) is 1. The zero-order valence-electron chi connectivity index (χ0n) is 13.8. The fourth-order valence-electron chi connectivity index (χ4n) is 2.66. The van der Waals surface area contributed by atoms with E-state index < -0.39 is 6.04 Å². The normalized spacial score (nSPS) is 15.8. The van der Waals surface area contributed by atoms with Crippen molar-refractivity contribution in [3.05, 3.63) is 29.8 Å². The fourth-order valence-corrected chi connectivity index (χ4v) is 2.66. The summed E-state index contributed by atoms with van der Waals surface area (Å²) in [5, 5.41) is 5.44. The standard InChI is InChI=1S/C17H25N3O3/c1-13(16(21)20-10-4-3-5-11-20)18-17(22)19-15-8-6-14(7-9-15)12-23-2/h6-9,13H,3-5,10-12H2,1-2H3,(H2,18,19,22)/t13-/m0/s1. The Balaban J connectivity index is 1.82. The second kappa shape index (κ2) is 8.53. The summed E-state index contributed by atoms with van der Waals surface area (Å²) in [4.78, 5) is 26.1. The highest BCUT2D eigenvalue weighted by Gasteiger charge is 2.23. The summed E-state index contributed by atoms with van der Waals surface area (Å²) in [5.74, 6) is -0.0182. The number of carbonyl (C=O) groups excluding carboxylic acids is 2. The Bertz CT molecular complexity index is 524. The van der Waals surface area contributed by atoms with Crippen LogP contribution in [0.25, 0.3) is 0 Å². The van der Waals surface area contributed by atoms with Gasteiger partial charge in [-0.1, -0.05) is 12.1 Å². The molecule has 6 heteroatoms. The Morgan fingerprint density at radius 2 is 1.83 bits per heavy atom. The smallest absolute Gasteiger partial charge is 0.319 e. The highest BCUT2D eigenvalue weighted by molar-refractivity contribution is 5.93. The van der Waals surface area contributed by atoms with Crippen LogP contribution in [0.15, 0.2) is 24.3 Å². The van der Waals surface area contributed by atoms with E-state index in [2.05, 4.69) is 10.6 Å². The van der Waals surface area contributed by atoms with Crippen LogP contribution >= 0.6 is 0 Å². The van der Waals surface area contributed by atoms with Crippen molar-refractivity contribution < 1.29 is 14.3 Å². The van der Waals surface area contributed by atoms with Crippen molar-refractivity contribution in [2.75, 3.05) is 25.5 Å². The van der Waals surface area contributed by atoms with Crippen LogP contribution < -0.4 is 10.6 Å². The number of methoxy groups -OCH3 is 1. The summed E-state index contributed by atoms with van der Waals surface area (Å²) in [6.07, 6.45) is 3.25. The van der Waals surface area contributed by atoms with Crippen LogP contribution in [0.2, 0.25) is 0 Å². The molecule has 1 aliphatic rings. The van der Waals surface area contributed by atoms with E-state index in [1.807, 2.05) is 29.2 Å². The van der Waals surface area contributed by atoms with E-state index >= 15 is 0 Å². The van der Waals surface area contributed by atoms with Crippen molar-refractivity contribution in [2.24, 2.45) is 0 Å². The van der Waals surface area contributed by atoms with Crippen LogP contribution in [0, 0.1) is 0 Å². The molecule has 0 unspecified atom stereocenters. The van der Waals surface area contributed by atoms with Gasteiger partial charge in [-0.3, -0.25) is 4.79 Å². The van der Waals surface area contributed by atoms with Gasteiger partial charge in [0.15, 0.2) is 0 Å². The minimum atomic E-state index is -0.527. The minimum absolute atomic E-state index is 0.0182. The number of piperidine rings is 1. The minimum Gasteiger partial charge on any atom is -0.380 e. The van der Waals surface area contributed by atoms with Gasteiger partial charge < -0.3 is 20.3 Å². The maximum Gasteiger partial charge on any atom is 0.319 e. The summed E-state index contributed by atoms with van der Waals surface area (Å²) in [6, 6.07) is 6.50. The summed E-state index contributed by atoms with van der Waals surface area (Å²) >= 11 is 0. The predicted octanol–water partition coefficient (Wildman–Crippen LogP) is 2.36. The first-order valence-corrected chi connectivity index (χ1v) is 8.04. The van der Waals surface area contributed by atoms with Gasteiger partial charge in [0.05, 0.1) is 6.61 Å². The number of rotatable bonds is 5. The number of hydrogen-bond acceptors (Lipinski definition) is 3. The molecule has 126 valence electrons. The molecule has 1 heterocycles. The summed E-state index contributed by atoms with van der Waals surface area (Å²) in [5.41, 5.74) is 1.71. The van der Waals surface area contributed by atoms with Crippen molar-refractivity contribution in [2.45, 2.75) is 38.8 Å². The molecule has 2 rings (SSSR count). The third kappa shape index (κ3) is 5.25. The van der Waals surface area contributed by atoms with Crippen LogP contribution in [0.5, 0.6) is 0 Å². The van der Waals surface area contributed by atoms with E-state index in [-0.39, 0.29) is 11.9 Å². The highest BCUT2D eigenvalue weighted by atomic mass is 16.5. The SMILES string of the molecule is COCc1ccc(NC(=O)N[C@@H](C)C(=O)N2CCCCC2)cc1. The predicted molar refractivity (Wildman–Crippen MR) is 89.2 cm³/mol.